The predicted molar refractivity (Wildman–Crippen MR) is 84.8 cm³/mol. The Morgan fingerprint density at radius 1 is 1.09 bits per heavy atom. The first-order valence-electron chi connectivity index (χ1n) is 6.99. The molecule has 1 N–H and O–H groups in total. The first-order valence-corrected chi connectivity index (χ1v) is 6.99. The molecule has 0 amide bonds. The molecule has 1 aromatic carbocycles. The number of aryl methyl sites for hydroxylation is 2. The summed E-state index contributed by atoms with van der Waals surface area (Å²) >= 11 is 0. The lowest BCUT2D eigenvalue weighted by atomic mass is 10.1. The third-order valence-electron chi connectivity index (χ3n) is 3.67. The second-order valence-corrected chi connectivity index (χ2v) is 5.32. The predicted octanol–water partition coefficient (Wildman–Crippen LogP) is 3.35. The first kappa shape index (κ1) is 12.8. The van der Waals surface area contributed by atoms with Crippen LogP contribution < -0.4 is 5.56 Å². The van der Waals surface area contributed by atoms with Crippen LogP contribution in [0.4, 0.5) is 0 Å². The van der Waals surface area contributed by atoms with E-state index in [1.807, 2.05) is 50.2 Å². The third kappa shape index (κ3) is 1.83. The third-order valence-corrected chi connectivity index (χ3v) is 3.67. The van der Waals surface area contributed by atoms with E-state index in [0.717, 1.165) is 22.2 Å². The number of rotatable bonds is 1. The molecule has 22 heavy (non-hydrogen) atoms. The normalized spacial score (nSPS) is 11.4. The van der Waals surface area contributed by atoms with Gasteiger partial charge in [-0.05, 0) is 25.5 Å². The van der Waals surface area contributed by atoms with Gasteiger partial charge in [0, 0.05) is 11.3 Å². The molecule has 108 valence electrons. The van der Waals surface area contributed by atoms with Crippen LogP contribution in [0.5, 0.6) is 0 Å². The van der Waals surface area contributed by atoms with Crippen molar-refractivity contribution in [3.05, 3.63) is 58.0 Å². The highest BCUT2D eigenvalue weighted by Crippen LogP contribution is 2.28. The molecule has 0 radical (unpaired) electrons. The zero-order valence-corrected chi connectivity index (χ0v) is 12.2. The summed E-state index contributed by atoms with van der Waals surface area (Å²) in [6.07, 6.45) is 0. The van der Waals surface area contributed by atoms with Gasteiger partial charge in [0.1, 0.15) is 11.3 Å². The molecule has 4 aromatic rings. The quantitative estimate of drug-likeness (QED) is 0.583. The minimum absolute atomic E-state index is 0.218. The summed E-state index contributed by atoms with van der Waals surface area (Å²) in [5.41, 5.74) is 3.64. The van der Waals surface area contributed by atoms with Gasteiger partial charge >= 0.3 is 0 Å². The number of hydrogen-bond donors (Lipinski definition) is 1. The monoisotopic (exact) mass is 291 g/mol. The van der Waals surface area contributed by atoms with E-state index in [2.05, 4.69) is 15.0 Å². The van der Waals surface area contributed by atoms with Gasteiger partial charge in [-0.1, -0.05) is 30.3 Å². The van der Waals surface area contributed by atoms with Crippen molar-refractivity contribution in [3.63, 3.8) is 0 Å². The van der Waals surface area contributed by atoms with Gasteiger partial charge in [-0.3, -0.25) is 4.79 Å². The molecule has 0 aliphatic rings. The van der Waals surface area contributed by atoms with Crippen LogP contribution in [0.25, 0.3) is 33.6 Å². The lowest BCUT2D eigenvalue weighted by molar-refractivity contribution is 0.645. The molecule has 4 rings (SSSR count). The van der Waals surface area contributed by atoms with Gasteiger partial charge in [-0.15, -0.1) is 0 Å². The highest BCUT2D eigenvalue weighted by molar-refractivity contribution is 6.02. The Morgan fingerprint density at radius 3 is 2.64 bits per heavy atom. The molecule has 0 saturated heterocycles. The highest BCUT2D eigenvalue weighted by Gasteiger charge is 2.17. The summed E-state index contributed by atoms with van der Waals surface area (Å²) in [5, 5.41) is 0.795. The van der Waals surface area contributed by atoms with Gasteiger partial charge < -0.3 is 9.40 Å². The van der Waals surface area contributed by atoms with Gasteiger partial charge in [-0.2, -0.15) is 0 Å². The number of aromatic nitrogens is 3. The molecule has 5 heteroatoms. The van der Waals surface area contributed by atoms with E-state index in [4.69, 9.17) is 4.42 Å². The van der Waals surface area contributed by atoms with E-state index in [-0.39, 0.29) is 11.1 Å². The Labute approximate surface area is 125 Å². The number of nitrogens with one attached hydrogen (secondary N) is 1. The molecule has 0 fully saturated rings. The Bertz CT molecular complexity index is 1060. The van der Waals surface area contributed by atoms with E-state index in [0.29, 0.717) is 17.1 Å². The summed E-state index contributed by atoms with van der Waals surface area (Å²) < 4.78 is 5.62. The largest absolute Gasteiger partial charge is 0.430 e. The van der Waals surface area contributed by atoms with E-state index in [9.17, 15) is 4.79 Å². The van der Waals surface area contributed by atoms with Crippen LogP contribution in [0, 0.1) is 13.8 Å². The van der Waals surface area contributed by atoms with Crippen molar-refractivity contribution in [1.82, 2.24) is 15.0 Å². The van der Waals surface area contributed by atoms with Crippen molar-refractivity contribution >= 4 is 22.2 Å². The van der Waals surface area contributed by atoms with E-state index >= 15 is 0 Å². The zero-order valence-electron chi connectivity index (χ0n) is 12.2. The van der Waals surface area contributed by atoms with Crippen molar-refractivity contribution in [2.24, 2.45) is 0 Å². The highest BCUT2D eigenvalue weighted by atomic mass is 16.3. The van der Waals surface area contributed by atoms with Crippen LogP contribution in [0.2, 0.25) is 0 Å². The number of pyridine rings is 1. The lowest BCUT2D eigenvalue weighted by Crippen LogP contribution is -2.08. The summed E-state index contributed by atoms with van der Waals surface area (Å²) in [6.45, 7) is 3.86. The molecule has 0 atom stereocenters. The van der Waals surface area contributed by atoms with Gasteiger partial charge in [0.05, 0.1) is 5.39 Å². The smallest absolute Gasteiger partial charge is 0.294 e. The van der Waals surface area contributed by atoms with Crippen LogP contribution in [-0.4, -0.2) is 15.0 Å². The molecule has 0 spiro atoms. The van der Waals surface area contributed by atoms with Crippen LogP contribution in [-0.2, 0) is 0 Å². The number of hydrogen-bond acceptors (Lipinski definition) is 4. The lowest BCUT2D eigenvalue weighted by Gasteiger charge is -2.00. The number of H-pyrrole nitrogens is 1. The Balaban J connectivity index is 2.13. The van der Waals surface area contributed by atoms with Crippen LogP contribution in [0.3, 0.4) is 0 Å². The summed E-state index contributed by atoms with van der Waals surface area (Å²) in [4.78, 5) is 24.0. The topological polar surface area (TPSA) is 71.8 Å². The average molecular weight is 291 g/mol. The number of aromatic amines is 1. The summed E-state index contributed by atoms with van der Waals surface area (Å²) in [7, 11) is 0. The maximum absolute atomic E-state index is 12.3. The van der Waals surface area contributed by atoms with E-state index in [1.54, 1.807) is 0 Å². The van der Waals surface area contributed by atoms with Gasteiger partial charge in [0.25, 0.3) is 5.56 Å². The SMILES string of the molecule is Cc1cc(C)c2c(n1)oc1c(=O)[nH]c(-c3ccccc3)nc12. The van der Waals surface area contributed by atoms with Crippen molar-refractivity contribution in [2.45, 2.75) is 13.8 Å². The fourth-order valence-electron chi connectivity index (χ4n) is 2.72. The van der Waals surface area contributed by atoms with Crippen LogP contribution in [0.1, 0.15) is 11.3 Å². The van der Waals surface area contributed by atoms with Gasteiger partial charge in [0.15, 0.2) is 0 Å². The molecule has 0 unspecified atom stereocenters. The number of fused-ring (bicyclic) bond motifs is 3. The Morgan fingerprint density at radius 2 is 1.86 bits per heavy atom. The molecule has 0 aliphatic heterocycles. The minimum atomic E-state index is -0.293. The van der Waals surface area contributed by atoms with Crippen LogP contribution >= 0.6 is 0 Å². The molecule has 5 nitrogen and oxygen atoms in total. The van der Waals surface area contributed by atoms with Crippen LogP contribution in [0.15, 0.2) is 45.6 Å². The molecule has 0 saturated carbocycles. The summed E-state index contributed by atoms with van der Waals surface area (Å²) in [6, 6.07) is 11.5. The van der Waals surface area contributed by atoms with Gasteiger partial charge in [0.2, 0.25) is 11.3 Å². The maximum atomic E-state index is 12.3. The average Bonchev–Trinajstić information content (AvgIpc) is 2.87. The van der Waals surface area contributed by atoms with Crippen molar-refractivity contribution in [1.29, 1.82) is 0 Å². The van der Waals surface area contributed by atoms with Crippen molar-refractivity contribution in [3.8, 4) is 11.4 Å². The second kappa shape index (κ2) is 4.53. The van der Waals surface area contributed by atoms with Crippen molar-refractivity contribution in [2.75, 3.05) is 0 Å². The second-order valence-electron chi connectivity index (χ2n) is 5.32. The molecule has 0 aliphatic carbocycles. The fourth-order valence-corrected chi connectivity index (χ4v) is 2.72. The zero-order chi connectivity index (χ0) is 15.3. The molecular formula is C17H13N3O2. The Kier molecular flexibility index (Phi) is 2.63. The number of benzene rings is 1. The van der Waals surface area contributed by atoms with E-state index in [1.165, 1.54) is 0 Å². The maximum Gasteiger partial charge on any atom is 0.294 e. The molecule has 3 heterocycles. The molecule has 0 bridgehead atoms. The molecule has 3 aromatic heterocycles. The molecular weight excluding hydrogens is 278 g/mol. The van der Waals surface area contributed by atoms with E-state index < -0.39 is 0 Å². The standard InChI is InChI=1S/C17H13N3O2/c1-9-8-10(2)18-17-12(9)13-14(22-17)16(21)20-15(19-13)11-6-4-3-5-7-11/h3-8H,1-2H3,(H,19,20,21). The Hall–Kier alpha value is -2.95. The number of furan rings is 1. The fraction of sp³-hybridized carbons (Fsp3) is 0.118. The van der Waals surface area contributed by atoms with Crippen molar-refractivity contribution < 1.29 is 4.42 Å². The minimum Gasteiger partial charge on any atom is -0.430 e. The number of nitrogens with zero attached hydrogens (tertiary/aromatic N) is 2. The first-order chi connectivity index (χ1) is 10.6. The van der Waals surface area contributed by atoms with Gasteiger partial charge in [-0.25, -0.2) is 9.97 Å². The summed E-state index contributed by atoms with van der Waals surface area (Å²) in [5.74, 6) is 0.528.